The summed E-state index contributed by atoms with van der Waals surface area (Å²) in [5.74, 6) is -0.434. The van der Waals surface area contributed by atoms with E-state index in [0.29, 0.717) is 16.1 Å². The molecule has 158 valence electrons. The maximum absolute atomic E-state index is 12.8. The standard InChI is InChI=1S/C23H21N3O3S2/c1-15-10-12-19(13-11-15)31(28,29)25-18-8-5-7-17(14-18)22(27)24-23-26(3)21-16(2)6-4-9-20(21)30-23/h4-14,25H,1-3H3. The number of sulfonamides is 1. The highest BCUT2D eigenvalue weighted by atomic mass is 32.2. The maximum atomic E-state index is 12.8. The predicted octanol–water partition coefficient (Wildman–Crippen LogP) is 4.40. The molecule has 6 nitrogen and oxygen atoms in total. The number of carbonyl (C=O) groups is 1. The highest BCUT2D eigenvalue weighted by Gasteiger charge is 2.15. The van der Waals surface area contributed by atoms with E-state index in [-0.39, 0.29) is 4.90 Å². The molecule has 0 unspecified atom stereocenters. The Morgan fingerprint density at radius 2 is 1.71 bits per heavy atom. The molecule has 0 aliphatic rings. The fraction of sp³-hybridized carbons (Fsp3) is 0.130. The number of benzene rings is 3. The second-order valence-corrected chi connectivity index (χ2v) is 9.97. The van der Waals surface area contributed by atoms with Crippen molar-refractivity contribution in [3.05, 3.63) is 88.2 Å². The first-order valence-corrected chi connectivity index (χ1v) is 11.9. The molecule has 4 rings (SSSR count). The number of thiazole rings is 1. The van der Waals surface area contributed by atoms with E-state index < -0.39 is 15.9 Å². The van der Waals surface area contributed by atoms with Gasteiger partial charge in [0.2, 0.25) is 0 Å². The summed E-state index contributed by atoms with van der Waals surface area (Å²) in [6.07, 6.45) is 0. The van der Waals surface area contributed by atoms with Crippen LogP contribution in [0.15, 0.2) is 76.6 Å². The number of aryl methyl sites for hydroxylation is 3. The number of amides is 1. The third-order valence-electron chi connectivity index (χ3n) is 4.91. The lowest BCUT2D eigenvalue weighted by Crippen LogP contribution is -2.15. The van der Waals surface area contributed by atoms with Crippen LogP contribution in [0.3, 0.4) is 0 Å². The molecule has 0 fully saturated rings. The fourth-order valence-corrected chi connectivity index (χ4v) is 5.45. The van der Waals surface area contributed by atoms with Crippen LogP contribution in [0.25, 0.3) is 10.2 Å². The van der Waals surface area contributed by atoms with E-state index in [9.17, 15) is 13.2 Å². The molecule has 4 aromatic rings. The van der Waals surface area contributed by atoms with E-state index in [1.54, 1.807) is 42.5 Å². The van der Waals surface area contributed by atoms with Crippen molar-refractivity contribution >= 4 is 43.2 Å². The molecule has 0 aliphatic carbocycles. The number of hydrogen-bond acceptors (Lipinski definition) is 4. The first-order chi connectivity index (χ1) is 14.7. The van der Waals surface area contributed by atoms with Gasteiger partial charge in [0.15, 0.2) is 4.80 Å². The van der Waals surface area contributed by atoms with Gasteiger partial charge < -0.3 is 4.57 Å². The molecule has 1 N–H and O–H groups in total. The molecule has 0 saturated heterocycles. The van der Waals surface area contributed by atoms with Crippen molar-refractivity contribution in [1.82, 2.24) is 4.57 Å². The van der Waals surface area contributed by atoms with Crippen LogP contribution in [0, 0.1) is 13.8 Å². The quantitative estimate of drug-likeness (QED) is 0.499. The zero-order valence-corrected chi connectivity index (χ0v) is 18.9. The van der Waals surface area contributed by atoms with Crippen LogP contribution in [-0.4, -0.2) is 18.9 Å². The number of hydrogen-bond donors (Lipinski definition) is 1. The average Bonchev–Trinajstić information content (AvgIpc) is 3.04. The number of para-hydroxylation sites is 1. The van der Waals surface area contributed by atoms with E-state index in [1.807, 2.05) is 43.7 Å². The van der Waals surface area contributed by atoms with Crippen molar-refractivity contribution in [1.29, 1.82) is 0 Å². The molecule has 0 atom stereocenters. The number of nitrogens with one attached hydrogen (secondary N) is 1. The van der Waals surface area contributed by atoms with E-state index >= 15 is 0 Å². The summed E-state index contributed by atoms with van der Waals surface area (Å²) in [5.41, 5.74) is 3.73. The molecule has 3 aromatic carbocycles. The average molecular weight is 452 g/mol. The van der Waals surface area contributed by atoms with Crippen molar-refractivity contribution in [3.63, 3.8) is 0 Å². The number of nitrogens with zero attached hydrogens (tertiary/aromatic N) is 2. The van der Waals surface area contributed by atoms with Crippen LogP contribution < -0.4 is 9.52 Å². The number of anilines is 1. The molecule has 31 heavy (non-hydrogen) atoms. The third-order valence-corrected chi connectivity index (χ3v) is 7.41. The molecule has 1 amide bonds. The molecule has 0 radical (unpaired) electrons. The second kappa shape index (κ2) is 8.13. The topological polar surface area (TPSA) is 80.5 Å². The first kappa shape index (κ1) is 21.0. The van der Waals surface area contributed by atoms with Crippen LogP contribution in [0.5, 0.6) is 0 Å². The van der Waals surface area contributed by atoms with Gasteiger partial charge in [-0.25, -0.2) is 8.42 Å². The lowest BCUT2D eigenvalue weighted by molar-refractivity contribution is 0.0998. The summed E-state index contributed by atoms with van der Waals surface area (Å²) in [4.78, 5) is 17.8. The summed E-state index contributed by atoms with van der Waals surface area (Å²) >= 11 is 1.44. The fourth-order valence-electron chi connectivity index (χ4n) is 3.30. The minimum absolute atomic E-state index is 0.159. The van der Waals surface area contributed by atoms with Crippen molar-refractivity contribution in [2.24, 2.45) is 12.0 Å². The predicted molar refractivity (Wildman–Crippen MR) is 124 cm³/mol. The van der Waals surface area contributed by atoms with E-state index in [1.165, 1.54) is 17.4 Å². The number of fused-ring (bicyclic) bond motifs is 1. The Bertz CT molecular complexity index is 1460. The minimum Gasteiger partial charge on any atom is -0.319 e. The van der Waals surface area contributed by atoms with Gasteiger partial charge in [-0.1, -0.05) is 47.2 Å². The van der Waals surface area contributed by atoms with E-state index in [0.717, 1.165) is 21.3 Å². The number of aromatic nitrogens is 1. The summed E-state index contributed by atoms with van der Waals surface area (Å²) in [7, 11) is -1.88. The molecule has 0 aliphatic heterocycles. The first-order valence-electron chi connectivity index (χ1n) is 9.58. The van der Waals surface area contributed by atoms with Crippen molar-refractivity contribution < 1.29 is 13.2 Å². The second-order valence-electron chi connectivity index (χ2n) is 7.28. The monoisotopic (exact) mass is 451 g/mol. The van der Waals surface area contributed by atoms with Gasteiger partial charge in [-0.15, -0.1) is 0 Å². The van der Waals surface area contributed by atoms with Gasteiger partial charge in [-0.3, -0.25) is 9.52 Å². The highest BCUT2D eigenvalue weighted by Crippen LogP contribution is 2.21. The van der Waals surface area contributed by atoms with Crippen LogP contribution in [0.4, 0.5) is 5.69 Å². The molecule has 1 heterocycles. The van der Waals surface area contributed by atoms with Gasteiger partial charge >= 0.3 is 0 Å². The zero-order valence-electron chi connectivity index (χ0n) is 17.3. The normalized spacial score (nSPS) is 12.3. The van der Waals surface area contributed by atoms with Crippen LogP contribution in [0.2, 0.25) is 0 Å². The molecule has 0 saturated carbocycles. The Hall–Kier alpha value is -3.23. The van der Waals surface area contributed by atoms with Crippen LogP contribution in [0.1, 0.15) is 21.5 Å². The van der Waals surface area contributed by atoms with Gasteiger partial charge in [0, 0.05) is 18.3 Å². The van der Waals surface area contributed by atoms with Gasteiger partial charge in [0.05, 0.1) is 15.1 Å². The summed E-state index contributed by atoms with van der Waals surface area (Å²) in [5, 5.41) is 0. The maximum Gasteiger partial charge on any atom is 0.279 e. The largest absolute Gasteiger partial charge is 0.319 e. The van der Waals surface area contributed by atoms with Gasteiger partial charge in [0.25, 0.3) is 15.9 Å². The zero-order chi connectivity index (χ0) is 22.2. The third kappa shape index (κ3) is 4.30. The Kier molecular flexibility index (Phi) is 5.51. The lowest BCUT2D eigenvalue weighted by Gasteiger charge is -2.09. The van der Waals surface area contributed by atoms with Gasteiger partial charge in [-0.2, -0.15) is 4.99 Å². The van der Waals surface area contributed by atoms with Crippen LogP contribution in [-0.2, 0) is 17.1 Å². The molecular weight excluding hydrogens is 430 g/mol. The van der Waals surface area contributed by atoms with Crippen LogP contribution >= 0.6 is 11.3 Å². The summed E-state index contributed by atoms with van der Waals surface area (Å²) < 4.78 is 30.8. The molecule has 8 heteroatoms. The molecule has 0 spiro atoms. The van der Waals surface area contributed by atoms with Crippen molar-refractivity contribution in [2.75, 3.05) is 4.72 Å². The minimum atomic E-state index is -3.75. The van der Waals surface area contributed by atoms with E-state index in [4.69, 9.17) is 0 Å². The molecule has 1 aromatic heterocycles. The Morgan fingerprint density at radius 1 is 1.00 bits per heavy atom. The highest BCUT2D eigenvalue weighted by molar-refractivity contribution is 7.92. The summed E-state index contributed by atoms with van der Waals surface area (Å²) in [6.45, 7) is 3.91. The number of rotatable bonds is 4. The Labute approximate surface area is 184 Å². The summed E-state index contributed by atoms with van der Waals surface area (Å²) in [6, 6.07) is 18.9. The van der Waals surface area contributed by atoms with Gasteiger partial charge in [-0.05, 0) is 55.8 Å². The van der Waals surface area contributed by atoms with E-state index in [2.05, 4.69) is 9.71 Å². The SMILES string of the molecule is Cc1ccc(S(=O)(=O)Nc2cccc(C(=O)N=c3sc4cccc(C)c4n3C)c2)cc1. The Morgan fingerprint density at radius 3 is 2.42 bits per heavy atom. The smallest absolute Gasteiger partial charge is 0.279 e. The van der Waals surface area contributed by atoms with Gasteiger partial charge in [0.1, 0.15) is 0 Å². The van der Waals surface area contributed by atoms with Crippen molar-refractivity contribution in [3.8, 4) is 0 Å². The lowest BCUT2D eigenvalue weighted by atomic mass is 10.2. The number of carbonyl (C=O) groups excluding carboxylic acids is 1. The molecule has 0 bridgehead atoms. The van der Waals surface area contributed by atoms with Crippen molar-refractivity contribution in [2.45, 2.75) is 18.7 Å². The molecular formula is C23H21N3O3S2. The Balaban J connectivity index is 1.65.